The molecule has 2 aromatic carbocycles. The molecular weight excluding hydrogens is 402 g/mol. The molecule has 0 atom stereocenters. The second-order valence-electron chi connectivity index (χ2n) is 10.1. The molecule has 0 heterocycles. The van der Waals surface area contributed by atoms with Crippen LogP contribution in [0.15, 0.2) is 36.4 Å². The standard InChI is InChI=1S/C29H38F2O/c1-3-4-20-5-11-24(12-6-20)26-17-18-27(29(31)28(26)30)25-15-13-23(14-16-25)22-9-7-21(8-10-22)19-32-2/h13-18,20-22,24H,3-12,19H2,1-2H3. The smallest absolute Gasteiger partial charge is 0.166 e. The molecule has 2 aliphatic carbocycles. The number of rotatable bonds is 7. The van der Waals surface area contributed by atoms with Crippen LogP contribution in [0, 0.1) is 23.5 Å². The van der Waals surface area contributed by atoms with Crippen LogP contribution in [0.2, 0.25) is 0 Å². The highest BCUT2D eigenvalue weighted by Gasteiger charge is 2.26. The van der Waals surface area contributed by atoms with Crippen molar-refractivity contribution in [2.24, 2.45) is 11.8 Å². The molecule has 2 saturated carbocycles. The Hall–Kier alpha value is -1.74. The SMILES string of the molecule is CCCC1CCC(c2ccc(-c3ccc(C4CCC(COC)CC4)cc3)c(F)c2F)CC1. The third kappa shape index (κ3) is 5.25. The van der Waals surface area contributed by atoms with E-state index in [2.05, 4.69) is 19.1 Å². The van der Waals surface area contributed by atoms with Crippen LogP contribution in [0.5, 0.6) is 0 Å². The van der Waals surface area contributed by atoms with Crippen LogP contribution in [-0.2, 0) is 4.74 Å². The molecule has 0 aromatic heterocycles. The Morgan fingerprint density at radius 1 is 0.750 bits per heavy atom. The molecule has 0 spiro atoms. The fraction of sp³-hybridized carbons (Fsp3) is 0.586. The third-order valence-corrected chi connectivity index (χ3v) is 8.04. The van der Waals surface area contributed by atoms with Crippen LogP contribution in [0.25, 0.3) is 11.1 Å². The summed E-state index contributed by atoms with van der Waals surface area (Å²) in [5.41, 5.74) is 3.02. The normalized spacial score (nSPS) is 26.2. The van der Waals surface area contributed by atoms with Crippen molar-refractivity contribution in [3.63, 3.8) is 0 Å². The molecule has 0 amide bonds. The molecule has 3 heteroatoms. The summed E-state index contributed by atoms with van der Waals surface area (Å²) >= 11 is 0. The molecule has 32 heavy (non-hydrogen) atoms. The highest BCUT2D eigenvalue weighted by Crippen LogP contribution is 2.41. The summed E-state index contributed by atoms with van der Waals surface area (Å²) in [5, 5.41) is 0. The lowest BCUT2D eigenvalue weighted by molar-refractivity contribution is 0.127. The Morgan fingerprint density at radius 3 is 2.00 bits per heavy atom. The first-order chi connectivity index (χ1) is 15.6. The molecule has 0 N–H and O–H groups in total. The Morgan fingerprint density at radius 2 is 1.38 bits per heavy atom. The number of ether oxygens (including phenoxy) is 1. The molecule has 0 bridgehead atoms. The molecule has 2 aromatic rings. The fourth-order valence-electron chi connectivity index (χ4n) is 6.11. The van der Waals surface area contributed by atoms with E-state index in [-0.39, 0.29) is 5.92 Å². The molecule has 0 unspecified atom stereocenters. The molecule has 174 valence electrons. The van der Waals surface area contributed by atoms with Gasteiger partial charge in [0.15, 0.2) is 11.6 Å². The average Bonchev–Trinajstić information content (AvgIpc) is 2.83. The first kappa shape index (κ1) is 23.4. The second-order valence-corrected chi connectivity index (χ2v) is 10.1. The summed E-state index contributed by atoms with van der Waals surface area (Å²) in [6.45, 7) is 3.08. The molecular formula is C29H38F2O. The van der Waals surface area contributed by atoms with Crippen molar-refractivity contribution >= 4 is 0 Å². The third-order valence-electron chi connectivity index (χ3n) is 8.04. The summed E-state index contributed by atoms with van der Waals surface area (Å²) < 4.78 is 35.4. The number of methoxy groups -OCH3 is 1. The molecule has 1 nitrogen and oxygen atoms in total. The van der Waals surface area contributed by atoms with Gasteiger partial charge in [-0.2, -0.15) is 0 Å². The van der Waals surface area contributed by atoms with Crippen molar-refractivity contribution in [1.82, 2.24) is 0 Å². The van der Waals surface area contributed by atoms with Gasteiger partial charge in [0.25, 0.3) is 0 Å². The van der Waals surface area contributed by atoms with E-state index in [0.29, 0.717) is 23.0 Å². The van der Waals surface area contributed by atoms with Gasteiger partial charge in [0.2, 0.25) is 0 Å². The predicted molar refractivity (Wildman–Crippen MR) is 128 cm³/mol. The first-order valence-electron chi connectivity index (χ1n) is 12.7. The number of hydrogen-bond donors (Lipinski definition) is 0. The maximum Gasteiger partial charge on any atom is 0.166 e. The van der Waals surface area contributed by atoms with Gasteiger partial charge in [-0.1, -0.05) is 56.2 Å². The zero-order valence-corrected chi connectivity index (χ0v) is 19.7. The van der Waals surface area contributed by atoms with Gasteiger partial charge < -0.3 is 4.74 Å². The Bertz CT molecular complexity index is 859. The molecule has 2 aliphatic rings. The minimum absolute atomic E-state index is 0.155. The fourth-order valence-corrected chi connectivity index (χ4v) is 6.11. The number of hydrogen-bond acceptors (Lipinski definition) is 1. The predicted octanol–water partition coefficient (Wildman–Crippen LogP) is 8.63. The average molecular weight is 441 g/mol. The molecule has 4 rings (SSSR count). The van der Waals surface area contributed by atoms with E-state index in [0.717, 1.165) is 43.8 Å². The van der Waals surface area contributed by atoms with E-state index in [1.54, 1.807) is 13.2 Å². The molecule has 2 fully saturated rings. The number of benzene rings is 2. The van der Waals surface area contributed by atoms with Gasteiger partial charge in [-0.25, -0.2) is 8.78 Å². The topological polar surface area (TPSA) is 9.23 Å². The van der Waals surface area contributed by atoms with Crippen molar-refractivity contribution in [3.8, 4) is 11.1 Å². The lowest BCUT2D eigenvalue weighted by Gasteiger charge is -2.29. The van der Waals surface area contributed by atoms with Gasteiger partial charge in [0, 0.05) is 19.3 Å². The van der Waals surface area contributed by atoms with Crippen molar-refractivity contribution < 1.29 is 13.5 Å². The highest BCUT2D eigenvalue weighted by atomic mass is 19.2. The van der Waals surface area contributed by atoms with E-state index in [1.807, 2.05) is 18.2 Å². The Labute approximate surface area is 192 Å². The summed E-state index contributed by atoms with van der Waals surface area (Å²) in [6.07, 6.45) is 11.4. The van der Waals surface area contributed by atoms with Crippen molar-refractivity contribution in [1.29, 1.82) is 0 Å². The Balaban J connectivity index is 1.43. The Kier molecular flexibility index (Phi) is 7.99. The van der Waals surface area contributed by atoms with Gasteiger partial charge in [-0.05, 0) is 91.7 Å². The largest absolute Gasteiger partial charge is 0.384 e. The van der Waals surface area contributed by atoms with E-state index in [9.17, 15) is 0 Å². The highest BCUT2D eigenvalue weighted by molar-refractivity contribution is 5.65. The van der Waals surface area contributed by atoms with Crippen LogP contribution in [0.1, 0.15) is 94.1 Å². The van der Waals surface area contributed by atoms with E-state index >= 15 is 8.78 Å². The lowest BCUT2D eigenvalue weighted by atomic mass is 9.77. The molecule has 0 aliphatic heterocycles. The zero-order chi connectivity index (χ0) is 22.5. The lowest BCUT2D eigenvalue weighted by Crippen LogP contribution is -2.17. The van der Waals surface area contributed by atoms with E-state index in [4.69, 9.17) is 4.74 Å². The molecule has 0 saturated heterocycles. The van der Waals surface area contributed by atoms with Gasteiger partial charge in [-0.3, -0.25) is 0 Å². The minimum atomic E-state index is -0.689. The van der Waals surface area contributed by atoms with Gasteiger partial charge in [0.05, 0.1) is 0 Å². The van der Waals surface area contributed by atoms with Crippen molar-refractivity contribution in [2.75, 3.05) is 13.7 Å². The maximum atomic E-state index is 15.1. The van der Waals surface area contributed by atoms with E-state index in [1.165, 1.54) is 44.1 Å². The summed E-state index contributed by atoms with van der Waals surface area (Å²) in [4.78, 5) is 0. The van der Waals surface area contributed by atoms with Crippen LogP contribution in [-0.4, -0.2) is 13.7 Å². The van der Waals surface area contributed by atoms with Crippen LogP contribution in [0.4, 0.5) is 8.78 Å². The molecule has 0 radical (unpaired) electrons. The summed E-state index contributed by atoms with van der Waals surface area (Å²) in [7, 11) is 1.78. The van der Waals surface area contributed by atoms with Gasteiger partial charge in [0.1, 0.15) is 0 Å². The monoisotopic (exact) mass is 440 g/mol. The second kappa shape index (κ2) is 10.9. The zero-order valence-electron chi connectivity index (χ0n) is 19.7. The number of halogens is 2. The van der Waals surface area contributed by atoms with Crippen molar-refractivity contribution in [2.45, 2.75) is 83.0 Å². The minimum Gasteiger partial charge on any atom is -0.384 e. The van der Waals surface area contributed by atoms with E-state index < -0.39 is 11.6 Å². The first-order valence-corrected chi connectivity index (χ1v) is 12.7. The van der Waals surface area contributed by atoms with Gasteiger partial charge in [-0.15, -0.1) is 0 Å². The quantitative estimate of drug-likeness (QED) is 0.419. The van der Waals surface area contributed by atoms with Gasteiger partial charge >= 0.3 is 0 Å². The maximum absolute atomic E-state index is 15.1. The van der Waals surface area contributed by atoms with Crippen molar-refractivity contribution in [3.05, 3.63) is 59.2 Å². The summed E-state index contributed by atoms with van der Waals surface area (Å²) in [5.74, 6) is 0.823. The summed E-state index contributed by atoms with van der Waals surface area (Å²) in [6, 6.07) is 11.8. The van der Waals surface area contributed by atoms with Crippen LogP contribution in [0.3, 0.4) is 0 Å². The van der Waals surface area contributed by atoms with Crippen LogP contribution >= 0.6 is 0 Å². The van der Waals surface area contributed by atoms with Crippen LogP contribution < -0.4 is 0 Å².